The van der Waals surface area contributed by atoms with Gasteiger partial charge in [-0.3, -0.25) is 4.98 Å². The van der Waals surface area contributed by atoms with Gasteiger partial charge in [-0.05, 0) is 157 Å². The number of para-hydroxylation sites is 4. The molecule has 0 aliphatic carbocycles. The molecule has 0 unspecified atom stereocenters. The summed E-state index contributed by atoms with van der Waals surface area (Å²) in [6, 6.07) is 117. The largest absolute Gasteiger partial charge is 0.342 e. The van der Waals surface area contributed by atoms with Crippen molar-refractivity contribution in [3.63, 3.8) is 0 Å². The molecule has 0 saturated heterocycles. The van der Waals surface area contributed by atoms with Crippen molar-refractivity contribution >= 4 is 89.5 Å². The number of pyridine rings is 1. The van der Waals surface area contributed by atoms with Gasteiger partial charge in [-0.1, -0.05) is 249 Å². The van der Waals surface area contributed by atoms with Crippen molar-refractivity contribution in [1.29, 1.82) is 0 Å². The average molecular weight is 1190 g/mol. The van der Waals surface area contributed by atoms with Crippen LogP contribution in [0.5, 0.6) is 0 Å². The Morgan fingerprint density at radius 2 is 0.624 bits per heavy atom. The molecule has 0 radical (unpaired) electrons. The SMILES string of the molecule is c1ccc(-c2cccc(-c3ccccc3)c2CCN2c3cc(-n4c5ccccc5c5ccccc54)ccc3B3c4ccc(-n5c6ccccc6c6ccccc65)cc4N(CCc4c(-c5ccccc5)cccc4-c4ccccc4)c4cc(-c5cccnc5)cc2c43)cc1. The molecule has 3 aromatic heterocycles. The number of anilines is 4. The molecule has 18 rings (SSSR count). The van der Waals surface area contributed by atoms with Gasteiger partial charge in [-0.15, -0.1) is 0 Å². The average Bonchev–Trinajstić information content (AvgIpc) is 0.902. The molecule has 5 heterocycles. The van der Waals surface area contributed by atoms with Crippen LogP contribution in [0.4, 0.5) is 22.7 Å². The molecule has 5 nitrogen and oxygen atoms in total. The second kappa shape index (κ2) is 22.6. The van der Waals surface area contributed by atoms with Crippen LogP contribution in [-0.4, -0.2) is 33.9 Å². The number of aromatic nitrogens is 3. The first kappa shape index (κ1) is 54.2. The third kappa shape index (κ3) is 9.12. The maximum absolute atomic E-state index is 4.82. The topological polar surface area (TPSA) is 29.2 Å². The van der Waals surface area contributed by atoms with Crippen molar-refractivity contribution in [2.45, 2.75) is 12.8 Å². The van der Waals surface area contributed by atoms with E-state index in [9.17, 15) is 0 Å². The van der Waals surface area contributed by atoms with Crippen LogP contribution in [0.1, 0.15) is 11.1 Å². The maximum Gasteiger partial charge on any atom is 0.252 e. The third-order valence-electron chi connectivity index (χ3n) is 19.8. The summed E-state index contributed by atoms with van der Waals surface area (Å²) in [6.45, 7) is 1.28. The third-order valence-corrected chi connectivity index (χ3v) is 19.8. The molecule has 0 bridgehead atoms. The molecule has 0 fully saturated rings. The number of benzene rings is 13. The van der Waals surface area contributed by atoms with E-state index in [4.69, 9.17) is 4.98 Å². The van der Waals surface area contributed by atoms with E-state index in [0.717, 1.165) is 35.3 Å². The highest BCUT2D eigenvalue weighted by atomic mass is 15.2. The first-order valence-corrected chi connectivity index (χ1v) is 32.5. The van der Waals surface area contributed by atoms with E-state index in [1.165, 1.54) is 138 Å². The molecule has 0 amide bonds. The van der Waals surface area contributed by atoms with Gasteiger partial charge in [0.15, 0.2) is 0 Å². The predicted octanol–water partition coefficient (Wildman–Crippen LogP) is 19.5. The van der Waals surface area contributed by atoms with Crippen LogP contribution in [0.25, 0.3) is 111 Å². The van der Waals surface area contributed by atoms with Gasteiger partial charge in [-0.2, -0.15) is 0 Å². The fourth-order valence-corrected chi connectivity index (χ4v) is 15.7. The van der Waals surface area contributed by atoms with E-state index >= 15 is 0 Å². The summed E-state index contributed by atoms with van der Waals surface area (Å²) >= 11 is 0. The second-order valence-corrected chi connectivity index (χ2v) is 24.8. The van der Waals surface area contributed by atoms with Gasteiger partial charge in [0.05, 0.1) is 22.1 Å². The maximum atomic E-state index is 4.82. The van der Waals surface area contributed by atoms with E-state index < -0.39 is 0 Å². The molecule has 0 atom stereocenters. The molecule has 16 aromatic rings. The molecular weight excluding hydrogens is 1130 g/mol. The lowest BCUT2D eigenvalue weighted by Gasteiger charge is -2.45. The number of hydrogen-bond donors (Lipinski definition) is 0. The van der Waals surface area contributed by atoms with Crippen LogP contribution >= 0.6 is 0 Å². The van der Waals surface area contributed by atoms with E-state index in [-0.39, 0.29) is 6.71 Å². The Morgan fingerprint density at radius 1 is 0.280 bits per heavy atom. The van der Waals surface area contributed by atoms with Crippen molar-refractivity contribution < 1.29 is 0 Å². The first-order valence-electron chi connectivity index (χ1n) is 32.5. The smallest absolute Gasteiger partial charge is 0.252 e. The minimum absolute atomic E-state index is 0.122. The standard InChI is InChI=1S/C87H62BN5/c1-5-24-59(25-6-1)67-37-21-38-68(60-26-7-2-8-27-60)71(67)49-52-90-83-56-65(92-79-41-17-13-33-73(79)74-34-14-18-42-80(74)92)45-47-77(83)88-78-48-46-66(93-81-43-19-15-35-75(81)76-36-16-20-44-82(76)93)57-84(78)91(86-55-64(54-85(90)87(86)88)63-32-23-51-89-58-63)53-50-72-69(61-28-9-3-10-29-61)39-22-40-70(72)62-30-11-4-12-31-62/h1-48,51,54-58H,49-50,52-53H2. The highest BCUT2D eigenvalue weighted by Crippen LogP contribution is 2.45. The van der Waals surface area contributed by atoms with Crippen LogP contribution in [0, 0.1) is 0 Å². The quantitative estimate of drug-likeness (QED) is 0.108. The van der Waals surface area contributed by atoms with Crippen molar-refractivity contribution in [1.82, 2.24) is 14.1 Å². The predicted molar refractivity (Wildman–Crippen MR) is 392 cm³/mol. The molecule has 0 saturated carbocycles. The molecule has 2 aliphatic heterocycles. The Balaban J connectivity index is 0.904. The van der Waals surface area contributed by atoms with E-state index in [1.54, 1.807) is 0 Å². The van der Waals surface area contributed by atoms with Crippen molar-refractivity contribution in [2.75, 3.05) is 22.9 Å². The normalized spacial score (nSPS) is 12.4. The van der Waals surface area contributed by atoms with Crippen molar-refractivity contribution in [3.05, 3.63) is 339 Å². The highest BCUT2D eigenvalue weighted by molar-refractivity contribution is 7.00. The lowest BCUT2D eigenvalue weighted by Crippen LogP contribution is -2.62. The molecule has 438 valence electrons. The number of fused-ring (bicyclic) bond motifs is 10. The summed E-state index contributed by atoms with van der Waals surface area (Å²) in [5.41, 5.74) is 30.4. The zero-order valence-corrected chi connectivity index (χ0v) is 51.3. The summed E-state index contributed by atoms with van der Waals surface area (Å²) in [5, 5.41) is 4.97. The minimum Gasteiger partial charge on any atom is -0.342 e. The van der Waals surface area contributed by atoms with E-state index in [1.807, 2.05) is 12.4 Å². The lowest BCUT2D eigenvalue weighted by atomic mass is 9.33. The molecule has 0 spiro atoms. The number of hydrogen-bond acceptors (Lipinski definition) is 3. The number of nitrogens with zero attached hydrogens (tertiary/aromatic N) is 5. The van der Waals surface area contributed by atoms with Gasteiger partial charge in [-0.25, -0.2) is 0 Å². The minimum atomic E-state index is -0.122. The van der Waals surface area contributed by atoms with Gasteiger partial charge in [0.1, 0.15) is 0 Å². The van der Waals surface area contributed by atoms with Crippen LogP contribution in [-0.2, 0) is 12.8 Å². The summed E-state index contributed by atoms with van der Waals surface area (Å²) < 4.78 is 4.97. The zero-order chi connectivity index (χ0) is 61.3. The monoisotopic (exact) mass is 1190 g/mol. The molecule has 13 aromatic carbocycles. The van der Waals surface area contributed by atoms with Gasteiger partial charge >= 0.3 is 0 Å². The summed E-state index contributed by atoms with van der Waals surface area (Å²) in [7, 11) is 0. The van der Waals surface area contributed by atoms with Crippen molar-refractivity contribution in [3.8, 4) is 67.0 Å². The van der Waals surface area contributed by atoms with Crippen LogP contribution < -0.4 is 26.2 Å². The van der Waals surface area contributed by atoms with Crippen LogP contribution in [0.3, 0.4) is 0 Å². The second-order valence-electron chi connectivity index (χ2n) is 24.8. The Morgan fingerprint density at radius 3 is 0.978 bits per heavy atom. The highest BCUT2D eigenvalue weighted by Gasteiger charge is 2.43. The van der Waals surface area contributed by atoms with Crippen LogP contribution in [0.15, 0.2) is 328 Å². The van der Waals surface area contributed by atoms with Gasteiger partial charge in [0.25, 0.3) is 6.71 Å². The molecule has 93 heavy (non-hydrogen) atoms. The Bertz CT molecular complexity index is 4980. The Hall–Kier alpha value is -11.7. The van der Waals surface area contributed by atoms with Crippen LogP contribution in [0.2, 0.25) is 0 Å². The zero-order valence-electron chi connectivity index (χ0n) is 51.3. The van der Waals surface area contributed by atoms with E-state index in [2.05, 4.69) is 334 Å². The molecule has 2 aliphatic rings. The summed E-state index contributed by atoms with van der Waals surface area (Å²) in [6.07, 6.45) is 5.47. The summed E-state index contributed by atoms with van der Waals surface area (Å²) in [4.78, 5) is 10.2. The van der Waals surface area contributed by atoms with Crippen molar-refractivity contribution in [2.24, 2.45) is 0 Å². The van der Waals surface area contributed by atoms with Gasteiger partial charge in [0.2, 0.25) is 0 Å². The summed E-state index contributed by atoms with van der Waals surface area (Å²) in [5.74, 6) is 0. The van der Waals surface area contributed by atoms with E-state index in [0.29, 0.717) is 13.1 Å². The fourth-order valence-electron chi connectivity index (χ4n) is 15.7. The Kier molecular flexibility index (Phi) is 13.2. The number of rotatable bonds is 13. The Labute approximate surface area is 542 Å². The fraction of sp³-hybridized carbons (Fsp3) is 0.0460. The lowest BCUT2D eigenvalue weighted by molar-refractivity contribution is 0.906. The first-order chi connectivity index (χ1) is 46.2. The molecular formula is C87H62BN5. The van der Waals surface area contributed by atoms with Gasteiger partial charge in [0, 0.05) is 86.7 Å². The molecule has 6 heteroatoms. The molecule has 0 N–H and O–H groups in total. The van der Waals surface area contributed by atoms with Gasteiger partial charge < -0.3 is 18.9 Å².